The Bertz CT molecular complexity index is 1330. The van der Waals surface area contributed by atoms with Gasteiger partial charge < -0.3 is 9.67 Å². The van der Waals surface area contributed by atoms with Crippen molar-refractivity contribution in [2.75, 3.05) is 0 Å². The predicted molar refractivity (Wildman–Crippen MR) is 108 cm³/mol. The molecule has 2 aromatic heterocycles. The van der Waals surface area contributed by atoms with E-state index in [9.17, 15) is 18.7 Å². The first kappa shape index (κ1) is 20.9. The van der Waals surface area contributed by atoms with Crippen molar-refractivity contribution in [2.45, 2.75) is 32.9 Å². The van der Waals surface area contributed by atoms with Crippen LogP contribution in [0.5, 0.6) is 0 Å². The minimum atomic E-state index is -2.04. The fourth-order valence-electron chi connectivity index (χ4n) is 3.97. The molecular weight excluding hydrogens is 414 g/mol. The number of carboxylic acids is 1. The quantitative estimate of drug-likeness (QED) is 0.392. The van der Waals surface area contributed by atoms with Gasteiger partial charge in [0.1, 0.15) is 11.7 Å². The van der Waals surface area contributed by atoms with Crippen LogP contribution in [0.25, 0.3) is 27.5 Å². The zero-order valence-corrected chi connectivity index (χ0v) is 16.9. The van der Waals surface area contributed by atoms with E-state index in [0.717, 1.165) is 12.1 Å². The molecular formula is C22H19F4N3O2. The molecule has 162 valence electrons. The molecule has 5 nitrogen and oxygen atoms in total. The van der Waals surface area contributed by atoms with E-state index >= 15 is 8.78 Å². The van der Waals surface area contributed by atoms with Crippen LogP contribution in [0, 0.1) is 23.4 Å². The second-order valence-electron chi connectivity index (χ2n) is 7.84. The van der Waals surface area contributed by atoms with E-state index < -0.39 is 41.4 Å². The number of halogens is 4. The molecule has 0 fully saturated rings. The summed E-state index contributed by atoms with van der Waals surface area (Å²) in [4.78, 5) is 11.5. The molecule has 4 rings (SSSR count). The van der Waals surface area contributed by atoms with Gasteiger partial charge in [-0.2, -0.15) is 5.10 Å². The van der Waals surface area contributed by atoms with Gasteiger partial charge in [-0.05, 0) is 31.0 Å². The summed E-state index contributed by atoms with van der Waals surface area (Å²) in [7, 11) is 0. The molecule has 0 spiro atoms. The molecule has 0 radical (unpaired) electrons. The van der Waals surface area contributed by atoms with E-state index in [1.807, 2.05) is 0 Å². The zero-order valence-electron chi connectivity index (χ0n) is 16.9. The average molecular weight is 433 g/mol. The highest BCUT2D eigenvalue weighted by Gasteiger charge is 2.35. The van der Waals surface area contributed by atoms with Crippen LogP contribution in [0.1, 0.15) is 44.1 Å². The number of nitrogens with zero attached hydrogens (tertiary/aromatic N) is 2. The smallest absolute Gasteiger partial charge is 0.309 e. The van der Waals surface area contributed by atoms with E-state index in [1.165, 1.54) is 23.8 Å². The van der Waals surface area contributed by atoms with Crippen molar-refractivity contribution < 1.29 is 27.5 Å². The maximum absolute atomic E-state index is 15.6. The Hall–Kier alpha value is -3.36. The molecule has 2 N–H and O–H groups in total. The zero-order chi connectivity index (χ0) is 22.6. The summed E-state index contributed by atoms with van der Waals surface area (Å²) < 4.78 is 60.2. The lowest BCUT2D eigenvalue weighted by Gasteiger charge is -2.19. The van der Waals surface area contributed by atoms with Crippen molar-refractivity contribution in [3.63, 3.8) is 0 Å². The summed E-state index contributed by atoms with van der Waals surface area (Å²) in [5.41, 5.74) is 0.564. The number of alkyl halides is 1. The molecule has 0 saturated carbocycles. The Morgan fingerprint density at radius 2 is 1.84 bits per heavy atom. The number of rotatable bonds is 5. The molecule has 31 heavy (non-hydrogen) atoms. The highest BCUT2D eigenvalue weighted by Crippen LogP contribution is 2.44. The third kappa shape index (κ3) is 3.15. The van der Waals surface area contributed by atoms with E-state index in [1.54, 1.807) is 19.9 Å². The van der Waals surface area contributed by atoms with Crippen LogP contribution >= 0.6 is 0 Å². The SMILES string of the molecule is CC(C)c1c([C@@H](F)C(C)C(=O)O)c2c(F)c3[nH]ncc3cc2n1-c1ccc(F)c(F)c1. The van der Waals surface area contributed by atoms with Gasteiger partial charge in [0.05, 0.1) is 17.6 Å². The lowest BCUT2D eigenvalue weighted by atomic mass is 9.92. The standard InChI is InChI=1S/C22H19F4N3O2/c1-9(2)21-17(18(25)10(3)22(30)31)16-15(6-11-8-27-28-20(11)19(16)26)29(21)12-4-5-13(23)14(24)7-12/h4-10,18H,1-3H3,(H,27,28)(H,30,31)/t10?,18-/m0/s1. The summed E-state index contributed by atoms with van der Waals surface area (Å²) in [6.07, 6.45) is -0.652. The molecule has 4 aromatic rings. The lowest BCUT2D eigenvalue weighted by Crippen LogP contribution is -2.17. The van der Waals surface area contributed by atoms with Gasteiger partial charge in [-0.3, -0.25) is 9.89 Å². The van der Waals surface area contributed by atoms with Crippen LogP contribution in [-0.2, 0) is 4.79 Å². The van der Waals surface area contributed by atoms with Gasteiger partial charge in [-0.15, -0.1) is 0 Å². The predicted octanol–water partition coefficient (Wildman–Crippen LogP) is 5.78. The monoisotopic (exact) mass is 433 g/mol. The van der Waals surface area contributed by atoms with E-state index in [-0.39, 0.29) is 33.4 Å². The topological polar surface area (TPSA) is 70.9 Å². The molecule has 9 heteroatoms. The number of aromatic amines is 1. The first-order chi connectivity index (χ1) is 14.6. The maximum atomic E-state index is 15.6. The number of benzene rings is 2. The second-order valence-corrected chi connectivity index (χ2v) is 7.84. The second kappa shape index (κ2) is 7.40. The van der Waals surface area contributed by atoms with Gasteiger partial charge in [0, 0.05) is 33.8 Å². The van der Waals surface area contributed by atoms with Gasteiger partial charge in [0.25, 0.3) is 0 Å². The molecule has 0 bridgehead atoms. The number of hydrogen-bond acceptors (Lipinski definition) is 2. The first-order valence-electron chi connectivity index (χ1n) is 9.65. The Balaban J connectivity index is 2.20. The molecule has 0 amide bonds. The minimum Gasteiger partial charge on any atom is -0.481 e. The normalized spacial score (nSPS) is 13.9. The number of carboxylic acid groups (broad SMARTS) is 1. The van der Waals surface area contributed by atoms with Crippen LogP contribution in [0.4, 0.5) is 17.6 Å². The average Bonchev–Trinajstić information content (AvgIpc) is 3.32. The van der Waals surface area contributed by atoms with Gasteiger partial charge in [-0.25, -0.2) is 17.6 Å². The molecule has 0 aliphatic heterocycles. The van der Waals surface area contributed by atoms with Crippen LogP contribution in [0.2, 0.25) is 0 Å². The van der Waals surface area contributed by atoms with E-state index in [4.69, 9.17) is 0 Å². The number of fused-ring (bicyclic) bond motifs is 2. The Kier molecular flexibility index (Phi) is 4.99. The molecule has 0 saturated heterocycles. The number of nitrogens with one attached hydrogen (secondary N) is 1. The Morgan fingerprint density at radius 1 is 1.13 bits per heavy atom. The summed E-state index contributed by atoms with van der Waals surface area (Å²) in [5, 5.41) is 16.0. The summed E-state index contributed by atoms with van der Waals surface area (Å²) in [6, 6.07) is 4.74. The highest BCUT2D eigenvalue weighted by atomic mass is 19.2. The molecule has 0 aliphatic rings. The number of hydrogen-bond donors (Lipinski definition) is 2. The number of aromatic nitrogens is 3. The molecule has 2 atom stereocenters. The largest absolute Gasteiger partial charge is 0.481 e. The third-order valence-electron chi connectivity index (χ3n) is 5.50. The van der Waals surface area contributed by atoms with Crippen LogP contribution in [0.3, 0.4) is 0 Å². The summed E-state index contributed by atoms with van der Waals surface area (Å²) in [6.45, 7) is 4.67. The summed E-state index contributed by atoms with van der Waals surface area (Å²) >= 11 is 0. The number of carbonyl (C=O) groups is 1. The first-order valence-corrected chi connectivity index (χ1v) is 9.65. The van der Waals surface area contributed by atoms with Crippen molar-refractivity contribution in [1.82, 2.24) is 14.8 Å². The maximum Gasteiger partial charge on any atom is 0.309 e. The minimum absolute atomic E-state index is 0.0432. The van der Waals surface area contributed by atoms with Crippen LogP contribution in [0.15, 0.2) is 30.5 Å². The number of aliphatic carboxylic acids is 1. The van der Waals surface area contributed by atoms with Crippen LogP contribution < -0.4 is 0 Å². The van der Waals surface area contributed by atoms with Gasteiger partial charge in [0.2, 0.25) is 0 Å². The third-order valence-corrected chi connectivity index (χ3v) is 5.50. The highest BCUT2D eigenvalue weighted by molar-refractivity contribution is 6.00. The summed E-state index contributed by atoms with van der Waals surface area (Å²) in [5.74, 6) is -6.19. The van der Waals surface area contributed by atoms with Gasteiger partial charge in [0.15, 0.2) is 17.5 Å². The van der Waals surface area contributed by atoms with Gasteiger partial charge >= 0.3 is 5.97 Å². The fourth-order valence-corrected chi connectivity index (χ4v) is 3.97. The van der Waals surface area contributed by atoms with E-state index in [0.29, 0.717) is 5.39 Å². The molecule has 1 unspecified atom stereocenters. The molecule has 2 aromatic carbocycles. The van der Waals surface area contributed by atoms with Crippen molar-refractivity contribution >= 4 is 27.8 Å². The van der Waals surface area contributed by atoms with Crippen molar-refractivity contribution in [1.29, 1.82) is 0 Å². The van der Waals surface area contributed by atoms with Crippen molar-refractivity contribution in [3.05, 3.63) is 59.2 Å². The Morgan fingerprint density at radius 3 is 2.45 bits per heavy atom. The molecule has 2 heterocycles. The Labute approximate surface area is 174 Å². The molecule has 0 aliphatic carbocycles. The van der Waals surface area contributed by atoms with E-state index in [2.05, 4.69) is 10.2 Å². The van der Waals surface area contributed by atoms with Crippen LogP contribution in [-0.4, -0.2) is 25.8 Å². The lowest BCUT2D eigenvalue weighted by molar-refractivity contribution is -0.143. The van der Waals surface area contributed by atoms with Crippen molar-refractivity contribution in [2.24, 2.45) is 5.92 Å². The van der Waals surface area contributed by atoms with Gasteiger partial charge in [-0.1, -0.05) is 13.8 Å². The van der Waals surface area contributed by atoms with Crippen molar-refractivity contribution in [3.8, 4) is 5.69 Å². The number of H-pyrrole nitrogens is 1. The fraction of sp³-hybridized carbons (Fsp3) is 0.273.